The maximum Gasteiger partial charge on any atom is 0.407 e. The number of aromatic nitrogens is 2. The highest BCUT2D eigenvalue weighted by Crippen LogP contribution is 2.43. The number of cyclic esters (lactones) is 1. The molecule has 0 saturated heterocycles. The molecule has 6 heterocycles. The normalized spacial score (nSPS) is 15.9. The number of carbonyl (C=O) groups excluding carboxylic acids is 10. The van der Waals surface area contributed by atoms with Gasteiger partial charge in [-0.1, -0.05) is 20.8 Å². The maximum atomic E-state index is 14.1. The van der Waals surface area contributed by atoms with Gasteiger partial charge in [0.1, 0.15) is 35.7 Å². The number of unbranched alkanes of at least 4 members (excludes halogenated alkanes) is 1. The molecule has 0 spiro atoms. The molecule has 33 heteroatoms. The molecule has 4 aliphatic heterocycles. The van der Waals surface area contributed by atoms with E-state index in [9.17, 15) is 57.8 Å². The molecule has 2 aromatic heterocycles. The summed E-state index contributed by atoms with van der Waals surface area (Å²) in [5.41, 5.74) is -1.32. The van der Waals surface area contributed by atoms with Crippen LogP contribution < -0.4 is 41.6 Å². The number of ketones is 2. The van der Waals surface area contributed by atoms with Gasteiger partial charge in [0.15, 0.2) is 22.9 Å². The van der Waals surface area contributed by atoms with Crippen LogP contribution in [-0.2, 0) is 116 Å². The van der Waals surface area contributed by atoms with Crippen LogP contribution in [0, 0.1) is 11.8 Å². The molecule has 0 fully saturated rings. The van der Waals surface area contributed by atoms with Gasteiger partial charge in [-0.25, -0.2) is 19.4 Å². The minimum Gasteiger partial charge on any atom is -0.458 e. The summed E-state index contributed by atoms with van der Waals surface area (Å²) in [4.78, 5) is 150. The minimum absolute atomic E-state index is 0.0140. The Morgan fingerprint density at radius 1 is 0.632 bits per heavy atom. The number of hydrogen-bond acceptors (Lipinski definition) is 26. The molecule has 0 aliphatic carbocycles. The number of benzene rings is 1. The number of nitrogens with zero attached hydrogens (tertiary/aromatic N) is 3. The zero-order valence-electron chi connectivity index (χ0n) is 62.2. The van der Waals surface area contributed by atoms with Crippen LogP contribution in [0.25, 0.3) is 22.3 Å². The fourth-order valence-corrected chi connectivity index (χ4v) is 11.7. The van der Waals surface area contributed by atoms with Gasteiger partial charge in [0.25, 0.3) is 17.4 Å². The summed E-state index contributed by atoms with van der Waals surface area (Å²) in [6.07, 6.45) is 1.88. The quantitative estimate of drug-likeness (QED) is 0.0159. The van der Waals surface area contributed by atoms with E-state index in [2.05, 4.69) is 26.6 Å². The molecule has 6 N–H and O–H groups in total. The Balaban J connectivity index is 0.734. The number of aliphatic hydroxyl groups is 1. The smallest absolute Gasteiger partial charge is 0.407 e. The predicted octanol–water partition coefficient (Wildman–Crippen LogP) is 3.64. The molecule has 0 radical (unpaired) electrons. The van der Waals surface area contributed by atoms with Crippen molar-refractivity contribution in [3.8, 4) is 22.9 Å². The number of hydrogen-bond donors (Lipinski definition) is 6. The van der Waals surface area contributed by atoms with E-state index in [0.29, 0.717) is 137 Å². The number of amides is 7. The molecule has 7 amide bonds. The highest BCUT2D eigenvalue weighted by molar-refractivity contribution is 6.15. The summed E-state index contributed by atoms with van der Waals surface area (Å²) in [6, 6.07) is 2.70. The van der Waals surface area contributed by atoms with Gasteiger partial charge < -0.3 is 97.8 Å². The molecule has 586 valence electrons. The number of nitrogens with one attached hydrogen (secondary N) is 5. The van der Waals surface area contributed by atoms with Crippen LogP contribution in [0.2, 0.25) is 0 Å². The van der Waals surface area contributed by atoms with Gasteiger partial charge in [-0.05, 0) is 97.3 Å². The summed E-state index contributed by atoms with van der Waals surface area (Å²) in [7, 11) is 0. The number of imide groups is 1. The lowest BCUT2D eigenvalue weighted by atomic mass is 9.86. The first-order chi connectivity index (χ1) is 50.6. The van der Waals surface area contributed by atoms with Crippen molar-refractivity contribution < 1.29 is 115 Å². The Labute approximate surface area is 615 Å². The molecular weight excluding hydrogens is 1390 g/mol. The number of esters is 1. The average molecular weight is 1490 g/mol. The second-order valence-corrected chi connectivity index (χ2v) is 27.8. The number of pyridine rings is 2. The third kappa shape index (κ3) is 25.9. The molecule has 3 aromatic rings. The largest absolute Gasteiger partial charge is 0.458 e. The van der Waals surface area contributed by atoms with Crippen LogP contribution in [0.4, 0.5) is 9.59 Å². The van der Waals surface area contributed by atoms with E-state index in [0.717, 1.165) is 17.1 Å². The molecule has 106 heavy (non-hydrogen) atoms. The van der Waals surface area contributed by atoms with Crippen molar-refractivity contribution in [1.82, 2.24) is 41.0 Å². The molecule has 33 nitrogen and oxygen atoms in total. The standard InChI is InChI=1S/C73H104N8O25/c1-10-73(93)53-38-56-64-51(43-80(56)67(89)52(53)44-102-68(73)90)50(49-37-59-60(104-45-103-59)39-55(49)78-64)40-75-61(84)42-76-66(88)54(14-11-12-19-74-69(91)105-71(4,5)6)79-65(87)48(46(2)3)36-47(82)18-21-95-23-25-97-27-29-99-31-33-101-35-34-100-32-30-98-28-26-96-24-22-94-20-13-15-58(83)57(81-62(85)16-17-63(81)86)41-77-70(92)106-72(7,8)9/h16-17,37-39,46,48,54,57,93H,10-15,18-36,40-45H2,1-9H3,(H,74,91)(H,75,84)(H,76,88)(H,77,92)(H,79,87)/t48-,54-,57-,73-/m0/s1. The Kier molecular flexibility index (Phi) is 33.2. The van der Waals surface area contributed by atoms with Crippen LogP contribution in [0.1, 0.15) is 136 Å². The molecule has 0 saturated carbocycles. The Morgan fingerprint density at radius 3 is 1.74 bits per heavy atom. The van der Waals surface area contributed by atoms with E-state index in [-0.39, 0.29) is 128 Å². The minimum atomic E-state index is -2.05. The number of ether oxygens (including phenoxy) is 13. The molecular formula is C73H104N8O25. The first-order valence-electron chi connectivity index (χ1n) is 36.0. The maximum absolute atomic E-state index is 14.1. The summed E-state index contributed by atoms with van der Waals surface area (Å²) in [5.74, 6) is -4.77. The van der Waals surface area contributed by atoms with Gasteiger partial charge in [-0.3, -0.25) is 43.3 Å². The molecule has 4 aliphatic rings. The Morgan fingerprint density at radius 2 is 1.18 bits per heavy atom. The molecule has 4 atom stereocenters. The summed E-state index contributed by atoms with van der Waals surface area (Å²) >= 11 is 0. The number of rotatable bonds is 48. The lowest BCUT2D eigenvalue weighted by Gasteiger charge is -2.31. The third-order valence-corrected chi connectivity index (χ3v) is 17.2. The van der Waals surface area contributed by atoms with Gasteiger partial charge >= 0.3 is 18.2 Å². The predicted molar refractivity (Wildman–Crippen MR) is 378 cm³/mol. The summed E-state index contributed by atoms with van der Waals surface area (Å²) < 4.78 is 73.1. The van der Waals surface area contributed by atoms with E-state index in [4.69, 9.17) is 66.6 Å². The zero-order chi connectivity index (χ0) is 77.0. The van der Waals surface area contributed by atoms with E-state index in [1.165, 1.54) is 4.57 Å². The van der Waals surface area contributed by atoms with Crippen LogP contribution >= 0.6 is 0 Å². The van der Waals surface area contributed by atoms with E-state index < -0.39 is 100 Å². The van der Waals surface area contributed by atoms with Crippen molar-refractivity contribution in [2.24, 2.45) is 11.8 Å². The Bertz CT molecular complexity index is 3620. The lowest BCUT2D eigenvalue weighted by molar-refractivity contribution is -0.172. The van der Waals surface area contributed by atoms with Crippen molar-refractivity contribution in [2.75, 3.05) is 132 Å². The topological polar surface area (TPSA) is 409 Å². The van der Waals surface area contributed by atoms with E-state index >= 15 is 0 Å². The van der Waals surface area contributed by atoms with Crippen LogP contribution in [0.3, 0.4) is 0 Å². The van der Waals surface area contributed by atoms with Gasteiger partial charge in [0.05, 0.1) is 135 Å². The SMILES string of the molecule is CC[C@@]1(O)C(=O)OCc2c1cc1n(c2=O)Cc2c-1nc1cc3c(cc1c2CNC(=O)CNC(=O)[C@H](CCCCNC(=O)OC(C)(C)C)NC(=O)[C@@H](CC(=O)CCOCCOCCOCCOCCOCCOCCOCCOCCCC(=O)[C@H](CNC(=O)OC(C)(C)C)N1C(=O)C=CC1=O)C(C)C)OCO3. The van der Waals surface area contributed by atoms with Gasteiger partial charge in [-0.2, -0.15) is 0 Å². The fourth-order valence-electron chi connectivity index (χ4n) is 11.7. The molecule has 0 bridgehead atoms. The van der Waals surface area contributed by atoms with Gasteiger partial charge in [0.2, 0.25) is 24.5 Å². The second-order valence-electron chi connectivity index (χ2n) is 27.8. The van der Waals surface area contributed by atoms with Crippen LogP contribution in [-0.4, -0.2) is 234 Å². The second kappa shape index (κ2) is 41.5. The van der Waals surface area contributed by atoms with Crippen molar-refractivity contribution in [1.29, 1.82) is 0 Å². The highest BCUT2D eigenvalue weighted by atomic mass is 16.7. The Hall–Kier alpha value is -8.54. The van der Waals surface area contributed by atoms with Gasteiger partial charge in [-0.15, -0.1) is 0 Å². The average Bonchev–Trinajstić information content (AvgIpc) is 1.53. The van der Waals surface area contributed by atoms with Crippen molar-refractivity contribution >= 4 is 70.2 Å². The van der Waals surface area contributed by atoms with Crippen LogP contribution in [0.5, 0.6) is 11.5 Å². The number of carbonyl (C=O) groups is 10. The lowest BCUT2D eigenvalue weighted by Crippen LogP contribution is -2.51. The van der Waals surface area contributed by atoms with Crippen molar-refractivity contribution in [3.05, 3.63) is 63.0 Å². The summed E-state index contributed by atoms with van der Waals surface area (Å²) in [5, 5.41) is 25.6. The van der Waals surface area contributed by atoms with Crippen molar-refractivity contribution in [2.45, 2.75) is 162 Å². The van der Waals surface area contributed by atoms with Crippen LogP contribution in [0.15, 0.2) is 35.1 Å². The molecule has 0 unspecified atom stereocenters. The monoisotopic (exact) mass is 1490 g/mol. The zero-order valence-corrected chi connectivity index (χ0v) is 62.2. The third-order valence-electron chi connectivity index (χ3n) is 17.2. The fraction of sp³-hybridized carbons (Fsp3) is 0.644. The summed E-state index contributed by atoms with van der Waals surface area (Å²) in [6.45, 7) is 19.4. The number of Topliss-reactive ketones (excluding diaryl/α,β-unsaturated/α-hetero) is 2. The highest BCUT2D eigenvalue weighted by Gasteiger charge is 2.46. The van der Waals surface area contributed by atoms with Gasteiger partial charge in [0, 0.05) is 86.2 Å². The molecule has 1 aromatic carbocycles. The number of alkyl carbamates (subject to hydrolysis) is 2. The first-order valence-corrected chi connectivity index (χ1v) is 36.0. The van der Waals surface area contributed by atoms with E-state index in [1.807, 2.05) is 0 Å². The number of fused-ring (bicyclic) bond motifs is 6. The van der Waals surface area contributed by atoms with Crippen molar-refractivity contribution in [3.63, 3.8) is 0 Å². The van der Waals surface area contributed by atoms with E-state index in [1.54, 1.807) is 80.5 Å². The molecule has 7 rings (SSSR count). The first kappa shape index (κ1) is 84.7.